The summed E-state index contributed by atoms with van der Waals surface area (Å²) in [6.07, 6.45) is -1.19. The lowest BCUT2D eigenvalue weighted by Gasteiger charge is -2.15. The Bertz CT molecular complexity index is 1120. The van der Waals surface area contributed by atoms with Crippen molar-refractivity contribution in [2.45, 2.75) is 51.7 Å². The van der Waals surface area contributed by atoms with Gasteiger partial charge in [-0.05, 0) is 63.9 Å². The molecule has 3 N–H and O–H groups in total. The van der Waals surface area contributed by atoms with Gasteiger partial charge in [0.2, 0.25) is 15.9 Å². The van der Waals surface area contributed by atoms with Gasteiger partial charge in [-0.3, -0.25) is 9.59 Å². The molecule has 0 aliphatic heterocycles. The Morgan fingerprint density at radius 2 is 1.58 bits per heavy atom. The number of ether oxygens (including phenoxy) is 1. The van der Waals surface area contributed by atoms with E-state index in [9.17, 15) is 22.8 Å². The number of para-hydroxylation sites is 1. The fourth-order valence-electron chi connectivity index (χ4n) is 2.96. The van der Waals surface area contributed by atoms with Gasteiger partial charge >= 0.3 is 5.97 Å². The molecule has 2 rings (SSSR count). The monoisotopic (exact) mass is 475 g/mol. The van der Waals surface area contributed by atoms with Crippen LogP contribution in [0.3, 0.4) is 0 Å². The fourth-order valence-corrected chi connectivity index (χ4v) is 4.25. The summed E-state index contributed by atoms with van der Waals surface area (Å²) >= 11 is 0. The Morgan fingerprint density at radius 1 is 0.970 bits per heavy atom. The second kappa shape index (κ2) is 11.1. The van der Waals surface area contributed by atoms with E-state index >= 15 is 0 Å². The van der Waals surface area contributed by atoms with Crippen LogP contribution < -0.4 is 15.4 Å². The number of nitrogens with one attached hydrogen (secondary N) is 3. The quantitative estimate of drug-likeness (QED) is 0.477. The first-order valence-electron chi connectivity index (χ1n) is 10.4. The minimum atomic E-state index is -3.79. The SMILES string of the molecule is Cc1cccc(C)c1NC(=O)CNC(=O)C(C)OC(=O)c1cccc(S(=O)(=O)NC(C)C)c1. The maximum atomic E-state index is 12.4. The number of sulfonamides is 1. The maximum Gasteiger partial charge on any atom is 0.338 e. The highest BCUT2D eigenvalue weighted by molar-refractivity contribution is 7.89. The van der Waals surface area contributed by atoms with Crippen molar-refractivity contribution < 1.29 is 27.5 Å². The van der Waals surface area contributed by atoms with Crippen molar-refractivity contribution >= 4 is 33.5 Å². The summed E-state index contributed by atoms with van der Waals surface area (Å²) in [5.41, 5.74) is 2.45. The predicted molar refractivity (Wildman–Crippen MR) is 124 cm³/mol. The molecule has 178 valence electrons. The molecule has 1 atom stereocenters. The molecular formula is C23H29N3O6S. The second-order valence-electron chi connectivity index (χ2n) is 7.88. The molecule has 0 heterocycles. The summed E-state index contributed by atoms with van der Waals surface area (Å²) in [4.78, 5) is 36.8. The van der Waals surface area contributed by atoms with Crippen LogP contribution in [0.1, 0.15) is 42.3 Å². The molecule has 2 aromatic carbocycles. The summed E-state index contributed by atoms with van der Waals surface area (Å²) in [5, 5.41) is 5.17. The largest absolute Gasteiger partial charge is 0.449 e. The van der Waals surface area contributed by atoms with E-state index in [-0.39, 0.29) is 23.0 Å². The number of hydrogen-bond acceptors (Lipinski definition) is 6. The Labute approximate surface area is 194 Å². The van der Waals surface area contributed by atoms with Crippen molar-refractivity contribution in [3.63, 3.8) is 0 Å². The van der Waals surface area contributed by atoms with Crippen LogP contribution in [0, 0.1) is 13.8 Å². The van der Waals surface area contributed by atoms with Gasteiger partial charge < -0.3 is 15.4 Å². The number of esters is 1. The average Bonchev–Trinajstić information content (AvgIpc) is 2.73. The van der Waals surface area contributed by atoms with E-state index in [2.05, 4.69) is 15.4 Å². The zero-order valence-corrected chi connectivity index (χ0v) is 20.1. The van der Waals surface area contributed by atoms with Gasteiger partial charge in [0.25, 0.3) is 5.91 Å². The van der Waals surface area contributed by atoms with Crippen molar-refractivity contribution in [3.8, 4) is 0 Å². The van der Waals surface area contributed by atoms with Crippen LogP contribution in [0.4, 0.5) is 5.69 Å². The lowest BCUT2D eigenvalue weighted by atomic mass is 10.1. The molecule has 0 saturated carbocycles. The lowest BCUT2D eigenvalue weighted by Crippen LogP contribution is -2.40. The summed E-state index contributed by atoms with van der Waals surface area (Å²) < 4.78 is 32.2. The minimum Gasteiger partial charge on any atom is -0.449 e. The first-order chi connectivity index (χ1) is 15.4. The molecule has 0 radical (unpaired) electrons. The molecule has 0 aromatic heterocycles. The molecular weight excluding hydrogens is 446 g/mol. The summed E-state index contributed by atoms with van der Waals surface area (Å²) in [6.45, 7) is 8.14. The predicted octanol–water partition coefficient (Wildman–Crippen LogP) is 2.29. The molecule has 0 saturated heterocycles. The van der Waals surface area contributed by atoms with Gasteiger partial charge in [-0.2, -0.15) is 0 Å². The van der Waals surface area contributed by atoms with Crippen LogP contribution in [0.25, 0.3) is 0 Å². The highest BCUT2D eigenvalue weighted by Gasteiger charge is 2.22. The standard InChI is InChI=1S/C23H29N3O6S/c1-14(2)26-33(30,31)19-11-7-10-18(12-19)23(29)32-17(5)22(28)24-13-20(27)25-21-15(3)8-6-9-16(21)4/h6-12,14,17,26H,13H2,1-5H3,(H,24,28)(H,25,27). The van der Waals surface area contributed by atoms with Gasteiger partial charge in [0.05, 0.1) is 17.0 Å². The van der Waals surface area contributed by atoms with E-state index in [0.29, 0.717) is 5.69 Å². The molecule has 2 aromatic rings. The average molecular weight is 476 g/mol. The van der Waals surface area contributed by atoms with Crippen LogP contribution >= 0.6 is 0 Å². The van der Waals surface area contributed by atoms with Gasteiger partial charge in [-0.1, -0.05) is 24.3 Å². The van der Waals surface area contributed by atoms with Crippen LogP contribution in [0.5, 0.6) is 0 Å². The van der Waals surface area contributed by atoms with Gasteiger partial charge in [-0.25, -0.2) is 17.9 Å². The molecule has 2 amide bonds. The molecule has 9 nitrogen and oxygen atoms in total. The Morgan fingerprint density at radius 3 is 2.18 bits per heavy atom. The number of amides is 2. The van der Waals surface area contributed by atoms with Crippen molar-refractivity contribution in [1.29, 1.82) is 0 Å². The number of benzene rings is 2. The van der Waals surface area contributed by atoms with Crippen LogP contribution in [0.15, 0.2) is 47.4 Å². The number of carbonyl (C=O) groups excluding carboxylic acids is 3. The Balaban J connectivity index is 1.95. The second-order valence-corrected chi connectivity index (χ2v) is 9.60. The third kappa shape index (κ3) is 7.40. The van der Waals surface area contributed by atoms with Crippen LogP contribution in [0.2, 0.25) is 0 Å². The smallest absolute Gasteiger partial charge is 0.338 e. The number of anilines is 1. The van der Waals surface area contributed by atoms with Gasteiger partial charge in [0, 0.05) is 11.7 Å². The van der Waals surface area contributed by atoms with Gasteiger partial charge in [0.15, 0.2) is 6.10 Å². The topological polar surface area (TPSA) is 131 Å². The van der Waals surface area contributed by atoms with Gasteiger partial charge in [-0.15, -0.1) is 0 Å². The zero-order valence-electron chi connectivity index (χ0n) is 19.3. The van der Waals surface area contributed by atoms with Gasteiger partial charge in [0.1, 0.15) is 0 Å². The number of aryl methyl sites for hydroxylation is 2. The third-order valence-electron chi connectivity index (χ3n) is 4.59. The number of hydrogen-bond donors (Lipinski definition) is 3. The van der Waals surface area contributed by atoms with E-state index < -0.39 is 33.9 Å². The minimum absolute atomic E-state index is 0.0194. The molecule has 0 bridgehead atoms. The number of carbonyl (C=O) groups is 3. The Hall–Kier alpha value is -3.24. The number of rotatable bonds is 9. The zero-order chi connectivity index (χ0) is 24.8. The van der Waals surface area contributed by atoms with Crippen molar-refractivity contribution in [2.24, 2.45) is 0 Å². The van der Waals surface area contributed by atoms with E-state index in [1.54, 1.807) is 13.8 Å². The molecule has 0 fully saturated rings. The summed E-state index contributed by atoms with van der Waals surface area (Å²) in [5.74, 6) is -1.95. The van der Waals surface area contributed by atoms with Crippen molar-refractivity contribution in [2.75, 3.05) is 11.9 Å². The van der Waals surface area contributed by atoms with Crippen molar-refractivity contribution in [1.82, 2.24) is 10.0 Å². The Kier molecular flexibility index (Phi) is 8.72. The molecule has 0 aliphatic carbocycles. The van der Waals surface area contributed by atoms with Crippen LogP contribution in [-0.2, 0) is 24.3 Å². The first-order valence-corrected chi connectivity index (χ1v) is 11.9. The fraction of sp³-hybridized carbons (Fsp3) is 0.348. The normalized spacial score (nSPS) is 12.2. The molecule has 0 spiro atoms. The lowest BCUT2D eigenvalue weighted by molar-refractivity contribution is -0.130. The molecule has 33 heavy (non-hydrogen) atoms. The summed E-state index contributed by atoms with van der Waals surface area (Å²) in [7, 11) is -3.79. The highest BCUT2D eigenvalue weighted by Crippen LogP contribution is 2.19. The van der Waals surface area contributed by atoms with E-state index in [4.69, 9.17) is 4.74 Å². The molecule has 0 aliphatic rings. The van der Waals surface area contributed by atoms with E-state index in [1.165, 1.54) is 31.2 Å². The van der Waals surface area contributed by atoms with E-state index in [1.807, 2.05) is 32.0 Å². The molecule has 10 heteroatoms. The van der Waals surface area contributed by atoms with E-state index in [0.717, 1.165) is 11.1 Å². The summed E-state index contributed by atoms with van der Waals surface area (Å²) in [6, 6.07) is 10.6. The highest BCUT2D eigenvalue weighted by atomic mass is 32.2. The van der Waals surface area contributed by atoms with Crippen LogP contribution in [-0.4, -0.2) is 44.9 Å². The first kappa shape index (κ1) is 26.0. The maximum absolute atomic E-state index is 12.4. The molecule has 1 unspecified atom stereocenters. The van der Waals surface area contributed by atoms with Crippen molar-refractivity contribution in [3.05, 3.63) is 59.2 Å². The third-order valence-corrected chi connectivity index (χ3v) is 6.25.